The standard InChI is InChI=1S/C31H30FN3O5S/c1-3-35(4-2)31(38)28(30(37)34-41(39,40)27-17-14-22-8-5-6-9-23(22)20-27)18-21-12-15-26(16-13-21)33-29(36)24-10-7-11-25(32)19-24/h5-17,19-20,28H,3-4,18H2,1-2H3,(H,33,36)(H,34,37). The summed E-state index contributed by atoms with van der Waals surface area (Å²) in [6, 6.07) is 23.5. The van der Waals surface area contributed by atoms with Crippen LogP contribution in [0.3, 0.4) is 0 Å². The molecule has 0 heterocycles. The fraction of sp³-hybridized carbons (Fsp3) is 0.194. The van der Waals surface area contributed by atoms with Crippen molar-refractivity contribution in [2.45, 2.75) is 25.2 Å². The van der Waals surface area contributed by atoms with Crippen molar-refractivity contribution in [1.29, 1.82) is 0 Å². The maximum atomic E-state index is 13.5. The first-order chi connectivity index (χ1) is 19.6. The molecule has 0 bridgehead atoms. The van der Waals surface area contributed by atoms with Gasteiger partial charge >= 0.3 is 0 Å². The van der Waals surface area contributed by atoms with Crippen molar-refractivity contribution >= 4 is 44.2 Å². The zero-order valence-electron chi connectivity index (χ0n) is 22.6. The molecule has 41 heavy (non-hydrogen) atoms. The molecule has 212 valence electrons. The van der Waals surface area contributed by atoms with Crippen LogP contribution in [0.2, 0.25) is 0 Å². The van der Waals surface area contributed by atoms with E-state index < -0.39 is 39.5 Å². The molecule has 1 atom stereocenters. The van der Waals surface area contributed by atoms with E-state index in [1.165, 1.54) is 35.2 Å². The first kappa shape index (κ1) is 29.4. The van der Waals surface area contributed by atoms with Crippen molar-refractivity contribution < 1.29 is 27.2 Å². The van der Waals surface area contributed by atoms with Crippen LogP contribution in [0.5, 0.6) is 0 Å². The van der Waals surface area contributed by atoms with Crippen molar-refractivity contribution in [3.8, 4) is 0 Å². The van der Waals surface area contributed by atoms with Crippen molar-refractivity contribution in [3.05, 3.63) is 108 Å². The van der Waals surface area contributed by atoms with E-state index in [0.29, 0.717) is 29.7 Å². The van der Waals surface area contributed by atoms with Crippen molar-refractivity contribution in [2.75, 3.05) is 18.4 Å². The molecule has 0 fully saturated rings. The smallest absolute Gasteiger partial charge is 0.264 e. The van der Waals surface area contributed by atoms with Crippen molar-refractivity contribution in [2.24, 2.45) is 5.92 Å². The number of sulfonamides is 1. The summed E-state index contributed by atoms with van der Waals surface area (Å²) in [7, 11) is -4.26. The van der Waals surface area contributed by atoms with Crippen molar-refractivity contribution in [3.63, 3.8) is 0 Å². The quantitative estimate of drug-likeness (QED) is 0.265. The fourth-order valence-corrected chi connectivity index (χ4v) is 5.49. The highest BCUT2D eigenvalue weighted by atomic mass is 32.2. The number of amides is 3. The van der Waals surface area contributed by atoms with Crippen LogP contribution in [-0.4, -0.2) is 44.1 Å². The maximum absolute atomic E-state index is 13.5. The Morgan fingerprint density at radius 2 is 1.51 bits per heavy atom. The lowest BCUT2D eigenvalue weighted by molar-refractivity contribution is -0.141. The van der Waals surface area contributed by atoms with E-state index in [0.717, 1.165) is 11.5 Å². The van der Waals surface area contributed by atoms with Gasteiger partial charge in [0.1, 0.15) is 11.7 Å². The zero-order valence-corrected chi connectivity index (χ0v) is 23.5. The van der Waals surface area contributed by atoms with Crippen LogP contribution in [0, 0.1) is 11.7 Å². The average Bonchev–Trinajstić information content (AvgIpc) is 2.96. The van der Waals surface area contributed by atoms with Gasteiger partial charge in [0.05, 0.1) is 4.90 Å². The molecule has 10 heteroatoms. The van der Waals surface area contributed by atoms with Crippen LogP contribution in [-0.2, 0) is 26.0 Å². The Morgan fingerprint density at radius 1 is 0.829 bits per heavy atom. The number of carbonyl (C=O) groups excluding carboxylic acids is 3. The van der Waals surface area contributed by atoms with Gasteiger partial charge in [0.2, 0.25) is 11.8 Å². The lowest BCUT2D eigenvalue weighted by Crippen LogP contribution is -2.46. The number of hydrogen-bond acceptors (Lipinski definition) is 5. The summed E-state index contributed by atoms with van der Waals surface area (Å²) in [6.07, 6.45) is -0.0630. The predicted molar refractivity (Wildman–Crippen MR) is 155 cm³/mol. The van der Waals surface area contributed by atoms with Gasteiger partial charge in [0.15, 0.2) is 0 Å². The normalized spacial score (nSPS) is 12.0. The van der Waals surface area contributed by atoms with Crippen LogP contribution < -0.4 is 10.0 Å². The number of halogens is 1. The van der Waals surface area contributed by atoms with Gasteiger partial charge in [-0.15, -0.1) is 0 Å². The van der Waals surface area contributed by atoms with Gasteiger partial charge in [-0.05, 0) is 79.1 Å². The van der Waals surface area contributed by atoms with E-state index in [1.54, 1.807) is 56.3 Å². The minimum Gasteiger partial charge on any atom is -0.343 e. The van der Waals surface area contributed by atoms with Crippen LogP contribution in [0.4, 0.5) is 10.1 Å². The van der Waals surface area contributed by atoms with E-state index in [-0.39, 0.29) is 16.9 Å². The van der Waals surface area contributed by atoms with Crippen molar-refractivity contribution in [1.82, 2.24) is 9.62 Å². The summed E-state index contributed by atoms with van der Waals surface area (Å²) in [5, 5.41) is 4.22. The van der Waals surface area contributed by atoms with E-state index in [2.05, 4.69) is 10.0 Å². The summed E-state index contributed by atoms with van der Waals surface area (Å²) in [4.78, 5) is 40.5. The Morgan fingerprint density at radius 3 is 2.17 bits per heavy atom. The molecule has 2 N–H and O–H groups in total. The lowest BCUT2D eigenvalue weighted by atomic mass is 9.97. The molecule has 0 saturated carbocycles. The summed E-state index contributed by atoms with van der Waals surface area (Å²) in [5.41, 5.74) is 1.17. The molecule has 0 aliphatic heterocycles. The molecule has 3 amide bonds. The second kappa shape index (κ2) is 12.7. The number of carbonyl (C=O) groups is 3. The molecule has 4 aromatic rings. The molecule has 0 aromatic heterocycles. The molecule has 0 spiro atoms. The Labute approximate surface area is 238 Å². The predicted octanol–water partition coefficient (Wildman–Crippen LogP) is 4.76. The second-order valence-electron chi connectivity index (χ2n) is 9.41. The molecular formula is C31H30FN3O5S. The highest BCUT2D eigenvalue weighted by Gasteiger charge is 2.33. The topological polar surface area (TPSA) is 113 Å². The molecule has 0 aliphatic carbocycles. The number of fused-ring (bicyclic) bond motifs is 1. The van der Waals surface area contributed by atoms with Gasteiger partial charge in [0.25, 0.3) is 15.9 Å². The molecule has 8 nitrogen and oxygen atoms in total. The number of nitrogens with one attached hydrogen (secondary N) is 2. The molecule has 0 aliphatic rings. The number of hydrogen-bond donors (Lipinski definition) is 2. The highest BCUT2D eigenvalue weighted by molar-refractivity contribution is 7.90. The molecule has 0 saturated heterocycles. The van der Waals surface area contributed by atoms with Gasteiger partial charge < -0.3 is 10.2 Å². The Balaban J connectivity index is 1.53. The monoisotopic (exact) mass is 575 g/mol. The average molecular weight is 576 g/mol. The minimum atomic E-state index is -4.26. The third-order valence-electron chi connectivity index (χ3n) is 6.69. The number of benzene rings is 4. The third kappa shape index (κ3) is 7.15. The minimum absolute atomic E-state index is 0.0630. The zero-order chi connectivity index (χ0) is 29.6. The molecule has 4 aromatic carbocycles. The van der Waals surface area contributed by atoms with Crippen LogP contribution in [0.15, 0.2) is 95.9 Å². The van der Waals surface area contributed by atoms with Crippen LogP contribution >= 0.6 is 0 Å². The Kier molecular flexibility index (Phi) is 9.14. The maximum Gasteiger partial charge on any atom is 0.264 e. The Hall–Kier alpha value is -4.57. The first-order valence-corrected chi connectivity index (χ1v) is 14.6. The SMILES string of the molecule is CCN(CC)C(=O)C(Cc1ccc(NC(=O)c2cccc(F)c2)cc1)C(=O)NS(=O)(=O)c1ccc2ccccc2c1. The highest BCUT2D eigenvalue weighted by Crippen LogP contribution is 2.21. The van der Waals surface area contributed by atoms with E-state index in [4.69, 9.17) is 0 Å². The third-order valence-corrected chi connectivity index (χ3v) is 8.04. The molecule has 4 rings (SSSR count). The summed E-state index contributed by atoms with van der Waals surface area (Å²) < 4.78 is 41.8. The van der Waals surface area contributed by atoms with E-state index in [9.17, 15) is 27.2 Å². The van der Waals surface area contributed by atoms with E-state index in [1.807, 2.05) is 12.1 Å². The van der Waals surface area contributed by atoms with Gasteiger partial charge in [-0.2, -0.15) is 0 Å². The fourth-order valence-electron chi connectivity index (χ4n) is 4.44. The second-order valence-corrected chi connectivity index (χ2v) is 11.1. The van der Waals surface area contributed by atoms with E-state index >= 15 is 0 Å². The summed E-state index contributed by atoms with van der Waals surface area (Å²) in [6.45, 7) is 4.25. The largest absolute Gasteiger partial charge is 0.343 e. The molecular weight excluding hydrogens is 545 g/mol. The summed E-state index contributed by atoms with van der Waals surface area (Å²) >= 11 is 0. The van der Waals surface area contributed by atoms with Gasteiger partial charge in [-0.1, -0.05) is 48.5 Å². The number of rotatable bonds is 10. The molecule has 1 unspecified atom stereocenters. The van der Waals surface area contributed by atoms with Crippen LogP contribution in [0.1, 0.15) is 29.8 Å². The first-order valence-electron chi connectivity index (χ1n) is 13.1. The van der Waals surface area contributed by atoms with Gasteiger partial charge in [0, 0.05) is 24.3 Å². The summed E-state index contributed by atoms with van der Waals surface area (Å²) in [5.74, 6) is -3.76. The lowest BCUT2D eigenvalue weighted by Gasteiger charge is -2.25. The van der Waals surface area contributed by atoms with Gasteiger partial charge in [-0.25, -0.2) is 17.5 Å². The Bertz CT molecular complexity index is 1690. The van der Waals surface area contributed by atoms with Crippen LogP contribution in [0.25, 0.3) is 10.8 Å². The number of nitrogens with zero attached hydrogens (tertiary/aromatic N) is 1. The number of anilines is 1. The van der Waals surface area contributed by atoms with Gasteiger partial charge in [-0.3, -0.25) is 14.4 Å². The molecule has 0 radical (unpaired) electrons.